The molecule has 0 bridgehead atoms. The van der Waals surface area contributed by atoms with Gasteiger partial charge >= 0.3 is 5.97 Å². The van der Waals surface area contributed by atoms with E-state index in [9.17, 15) is 19.8 Å². The molecule has 1 saturated carbocycles. The zero-order valence-electron chi connectivity index (χ0n) is 20.6. The van der Waals surface area contributed by atoms with Crippen LogP contribution in [0.4, 0.5) is 10.1 Å². The summed E-state index contributed by atoms with van der Waals surface area (Å²) in [7, 11) is 1.45. The summed E-state index contributed by atoms with van der Waals surface area (Å²) in [5, 5.41) is 23.4. The van der Waals surface area contributed by atoms with Gasteiger partial charge in [0.05, 0.1) is 24.1 Å². The molecule has 3 N–H and O–H groups in total. The number of hydrogen-bond donors (Lipinski definition) is 3. The first kappa shape index (κ1) is 24.9. The minimum absolute atomic E-state index is 0.0228. The molecule has 0 spiro atoms. The number of nitrogens with one attached hydrogen (secondary N) is 1. The fourth-order valence-corrected chi connectivity index (χ4v) is 5.43. The number of nitrogens with zero attached hydrogens (tertiary/aromatic N) is 4. The van der Waals surface area contributed by atoms with Crippen molar-refractivity contribution in [2.24, 2.45) is 0 Å². The molecule has 1 atom stereocenters. The summed E-state index contributed by atoms with van der Waals surface area (Å²) in [6.45, 7) is 7.37. The van der Waals surface area contributed by atoms with E-state index in [1.165, 1.54) is 13.3 Å². The van der Waals surface area contributed by atoms with E-state index in [0.717, 1.165) is 45.1 Å². The van der Waals surface area contributed by atoms with Crippen LogP contribution < -0.4 is 20.4 Å². The molecule has 2 aromatic rings. The Morgan fingerprint density at radius 1 is 1.14 bits per heavy atom. The van der Waals surface area contributed by atoms with Crippen LogP contribution in [0.3, 0.4) is 0 Å². The molecule has 1 aromatic heterocycles. The Kier molecular flexibility index (Phi) is 7.16. The quantitative estimate of drug-likeness (QED) is 0.476. The average molecular weight is 504 g/mol. The number of methoxy groups -OCH3 is 1. The van der Waals surface area contributed by atoms with Crippen molar-refractivity contribution in [3.8, 4) is 5.75 Å². The van der Waals surface area contributed by atoms with Gasteiger partial charge in [-0.2, -0.15) is 0 Å². The number of carboxylic acids is 1. The van der Waals surface area contributed by atoms with Crippen molar-refractivity contribution < 1.29 is 24.1 Å². The highest BCUT2D eigenvalue weighted by molar-refractivity contribution is 5.97. The minimum Gasteiger partial charge on any atom is -0.492 e. The molecule has 3 heterocycles. The molecule has 1 unspecified atom stereocenters. The van der Waals surface area contributed by atoms with Crippen LogP contribution in [0, 0.1) is 5.82 Å². The maximum absolute atomic E-state index is 15.5. The first-order valence-electron chi connectivity index (χ1n) is 12.6. The fraction of sp³-hybridized carbons (Fsp3) is 0.600. The normalized spacial score (nSPS) is 20.6. The second kappa shape index (κ2) is 10.3. The Morgan fingerprint density at radius 3 is 2.36 bits per heavy atom. The maximum Gasteiger partial charge on any atom is 0.341 e. The van der Waals surface area contributed by atoms with Gasteiger partial charge in [-0.1, -0.05) is 0 Å². The van der Waals surface area contributed by atoms with Gasteiger partial charge in [0.1, 0.15) is 11.3 Å². The predicted molar refractivity (Wildman–Crippen MR) is 134 cm³/mol. The van der Waals surface area contributed by atoms with Gasteiger partial charge in [-0.3, -0.25) is 14.6 Å². The van der Waals surface area contributed by atoms with Crippen LogP contribution in [0.25, 0.3) is 10.9 Å². The number of halogens is 1. The monoisotopic (exact) mass is 503 g/mol. The van der Waals surface area contributed by atoms with Crippen molar-refractivity contribution >= 4 is 22.6 Å². The number of β-amino-alcohol motifs (C(OH)–C–C–N with tert-alkyl or cyclic N) is 1. The SMILES string of the molecule is COc1c(N2CCN(CC(O)CN3CCNCC3)CC2)c(F)cc2c(=O)c(C(=O)O)cn(C3CC3)c12. The number of aliphatic hydroxyl groups excluding tert-OH is 1. The van der Waals surface area contributed by atoms with Crippen molar-refractivity contribution in [1.82, 2.24) is 19.7 Å². The first-order valence-corrected chi connectivity index (χ1v) is 12.6. The summed E-state index contributed by atoms with van der Waals surface area (Å²) in [6.07, 6.45) is 2.65. The topological polar surface area (TPSA) is 111 Å². The Labute approximate surface area is 208 Å². The van der Waals surface area contributed by atoms with Crippen molar-refractivity contribution in [2.45, 2.75) is 25.0 Å². The van der Waals surface area contributed by atoms with Crippen LogP contribution in [0.2, 0.25) is 0 Å². The summed E-state index contributed by atoms with van der Waals surface area (Å²) >= 11 is 0. The Morgan fingerprint density at radius 2 is 1.78 bits per heavy atom. The van der Waals surface area contributed by atoms with Gasteiger partial charge in [-0.15, -0.1) is 0 Å². The third-order valence-electron chi connectivity index (χ3n) is 7.41. The number of pyridine rings is 1. The molecule has 2 saturated heterocycles. The number of ether oxygens (including phenoxy) is 1. The lowest BCUT2D eigenvalue weighted by molar-refractivity contribution is 0.0674. The second-order valence-electron chi connectivity index (χ2n) is 9.94. The number of anilines is 1. The lowest BCUT2D eigenvalue weighted by Gasteiger charge is -2.38. The summed E-state index contributed by atoms with van der Waals surface area (Å²) in [6, 6.07) is 1.22. The first-order chi connectivity index (χ1) is 17.4. The third kappa shape index (κ3) is 4.93. The molecule has 11 heteroatoms. The van der Waals surface area contributed by atoms with Gasteiger partial charge in [0.25, 0.3) is 0 Å². The van der Waals surface area contributed by atoms with Gasteiger partial charge in [-0.05, 0) is 18.9 Å². The molecule has 1 aromatic carbocycles. The summed E-state index contributed by atoms with van der Waals surface area (Å²) in [5.41, 5.74) is -0.332. The standard InChI is InChI=1S/C25H34FN5O5/c1-36-24-21-18(23(33)19(25(34)35)15-31(21)16-2-3-16)12-20(26)22(24)30-10-8-29(9-11-30)14-17(32)13-28-6-4-27-5-7-28/h12,15-17,27,32H,2-11,13-14H2,1H3,(H,34,35). The zero-order chi connectivity index (χ0) is 25.4. The van der Waals surface area contributed by atoms with E-state index in [-0.39, 0.29) is 22.7 Å². The second-order valence-corrected chi connectivity index (χ2v) is 9.94. The van der Waals surface area contributed by atoms with Crippen molar-refractivity contribution in [3.63, 3.8) is 0 Å². The van der Waals surface area contributed by atoms with E-state index >= 15 is 4.39 Å². The molecule has 10 nitrogen and oxygen atoms in total. The number of aromatic nitrogens is 1. The Bertz CT molecular complexity index is 1190. The minimum atomic E-state index is -1.32. The van der Waals surface area contributed by atoms with E-state index in [2.05, 4.69) is 15.1 Å². The fourth-order valence-electron chi connectivity index (χ4n) is 5.43. The summed E-state index contributed by atoms with van der Waals surface area (Å²) in [5.74, 6) is -1.67. The smallest absolute Gasteiger partial charge is 0.341 e. The highest BCUT2D eigenvalue weighted by atomic mass is 19.1. The number of carboxylic acid groups (broad SMARTS) is 1. The van der Waals surface area contributed by atoms with Crippen LogP contribution >= 0.6 is 0 Å². The number of piperazine rings is 2. The van der Waals surface area contributed by atoms with Gasteiger partial charge in [0.15, 0.2) is 11.6 Å². The lowest BCUT2D eigenvalue weighted by atomic mass is 10.1. The number of fused-ring (bicyclic) bond motifs is 1. The predicted octanol–water partition coefficient (Wildman–Crippen LogP) is 0.570. The van der Waals surface area contributed by atoms with Gasteiger partial charge < -0.3 is 29.7 Å². The lowest BCUT2D eigenvalue weighted by Crippen LogP contribution is -2.52. The van der Waals surface area contributed by atoms with Crippen LogP contribution in [0.15, 0.2) is 17.1 Å². The number of rotatable bonds is 8. The van der Waals surface area contributed by atoms with Crippen LogP contribution in [0.1, 0.15) is 29.2 Å². The Hall–Kier alpha value is -2.73. The van der Waals surface area contributed by atoms with E-state index in [1.807, 2.05) is 4.90 Å². The van der Waals surface area contributed by atoms with Crippen LogP contribution in [0.5, 0.6) is 5.75 Å². The highest BCUT2D eigenvalue weighted by Crippen LogP contribution is 2.43. The molecular weight excluding hydrogens is 469 g/mol. The van der Waals surface area contributed by atoms with Gasteiger partial charge in [0.2, 0.25) is 5.43 Å². The number of carbonyl (C=O) groups is 1. The molecule has 196 valence electrons. The molecule has 0 radical (unpaired) electrons. The van der Waals surface area contributed by atoms with E-state index < -0.39 is 23.3 Å². The Balaban J connectivity index is 1.37. The molecule has 3 fully saturated rings. The summed E-state index contributed by atoms with van der Waals surface area (Å²) < 4.78 is 23.0. The molecule has 3 aliphatic rings. The van der Waals surface area contributed by atoms with Crippen LogP contribution in [-0.2, 0) is 0 Å². The highest BCUT2D eigenvalue weighted by Gasteiger charge is 2.32. The number of hydrogen-bond acceptors (Lipinski definition) is 8. The molecule has 36 heavy (non-hydrogen) atoms. The van der Waals surface area contributed by atoms with Crippen LogP contribution in [-0.4, -0.2) is 109 Å². The number of aliphatic hydroxyl groups is 1. The molecule has 0 amide bonds. The largest absolute Gasteiger partial charge is 0.492 e. The number of benzene rings is 1. The molecule has 5 rings (SSSR count). The van der Waals surface area contributed by atoms with Gasteiger partial charge in [0, 0.05) is 77.7 Å². The summed E-state index contributed by atoms with van der Waals surface area (Å²) in [4.78, 5) is 30.9. The maximum atomic E-state index is 15.5. The van der Waals surface area contributed by atoms with E-state index in [4.69, 9.17) is 4.74 Å². The van der Waals surface area contributed by atoms with Crippen molar-refractivity contribution in [2.75, 3.05) is 77.5 Å². The van der Waals surface area contributed by atoms with E-state index in [0.29, 0.717) is 50.5 Å². The third-order valence-corrected chi connectivity index (χ3v) is 7.41. The van der Waals surface area contributed by atoms with Gasteiger partial charge in [-0.25, -0.2) is 9.18 Å². The molecule has 1 aliphatic carbocycles. The van der Waals surface area contributed by atoms with Crippen molar-refractivity contribution in [3.05, 3.63) is 33.9 Å². The molecule has 2 aliphatic heterocycles. The molecular formula is C25H34FN5O5. The van der Waals surface area contributed by atoms with Crippen molar-refractivity contribution in [1.29, 1.82) is 0 Å². The zero-order valence-corrected chi connectivity index (χ0v) is 20.6. The average Bonchev–Trinajstić information content (AvgIpc) is 3.70. The number of aromatic carboxylic acids is 1. The van der Waals surface area contributed by atoms with E-state index in [1.54, 1.807) is 4.57 Å².